The molecule has 0 spiro atoms. The van der Waals surface area contributed by atoms with Gasteiger partial charge in [0.1, 0.15) is 5.75 Å². The fourth-order valence-corrected chi connectivity index (χ4v) is 5.01. The van der Waals surface area contributed by atoms with Gasteiger partial charge in [0, 0.05) is 18.8 Å². The monoisotopic (exact) mass is 456 g/mol. The van der Waals surface area contributed by atoms with E-state index in [-0.39, 0.29) is 11.8 Å². The Bertz CT molecular complexity index is 1330. The molecule has 3 aromatic carbocycles. The third-order valence-corrected chi connectivity index (χ3v) is 6.77. The molecule has 1 aliphatic heterocycles. The summed E-state index contributed by atoms with van der Waals surface area (Å²) in [6.45, 7) is 3.62. The predicted octanol–water partition coefficient (Wildman–Crippen LogP) is 5.75. The highest BCUT2D eigenvalue weighted by Gasteiger charge is 2.23. The maximum atomic E-state index is 13.4. The maximum Gasteiger partial charge on any atom is 0.264 e. The standard InChI is InChI=1S/C27H24N2O3S/c1-2-32-23-12-10-19-6-3-4-7-22(19)25(23)26(30)28-21-11-9-18-13-14-29(17-20(18)16-21)27(31)24-8-5-15-33-24/h3-12,15-16H,2,13-14,17H2,1H3,(H,28,30). The number of nitrogens with zero attached hydrogens (tertiary/aromatic N) is 1. The minimum atomic E-state index is -0.211. The molecule has 1 aromatic heterocycles. The average Bonchev–Trinajstić information content (AvgIpc) is 3.38. The summed E-state index contributed by atoms with van der Waals surface area (Å²) in [6.07, 6.45) is 0.804. The first kappa shape index (κ1) is 21.2. The molecular weight excluding hydrogens is 432 g/mol. The quantitative estimate of drug-likeness (QED) is 0.416. The zero-order chi connectivity index (χ0) is 22.8. The Morgan fingerprint density at radius 3 is 2.73 bits per heavy atom. The second-order valence-corrected chi connectivity index (χ2v) is 8.93. The Hall–Kier alpha value is -3.64. The van der Waals surface area contributed by atoms with Gasteiger partial charge in [-0.25, -0.2) is 0 Å². The number of benzene rings is 3. The third-order valence-electron chi connectivity index (χ3n) is 5.91. The summed E-state index contributed by atoms with van der Waals surface area (Å²) in [5.41, 5.74) is 3.51. The number of fused-ring (bicyclic) bond motifs is 2. The van der Waals surface area contributed by atoms with Crippen molar-refractivity contribution in [2.24, 2.45) is 0 Å². The first-order valence-corrected chi connectivity index (χ1v) is 11.9. The molecule has 5 nitrogen and oxygen atoms in total. The van der Waals surface area contributed by atoms with Crippen molar-refractivity contribution in [2.75, 3.05) is 18.5 Å². The van der Waals surface area contributed by atoms with E-state index in [9.17, 15) is 9.59 Å². The molecule has 2 amide bonds. The normalized spacial score (nSPS) is 12.9. The maximum absolute atomic E-state index is 13.4. The fourth-order valence-electron chi connectivity index (χ4n) is 4.32. The lowest BCUT2D eigenvalue weighted by molar-refractivity contribution is 0.0739. The minimum Gasteiger partial charge on any atom is -0.493 e. The van der Waals surface area contributed by atoms with Gasteiger partial charge in [-0.2, -0.15) is 0 Å². The van der Waals surface area contributed by atoms with Gasteiger partial charge in [-0.05, 0) is 64.9 Å². The van der Waals surface area contributed by atoms with Crippen LogP contribution in [0.3, 0.4) is 0 Å². The summed E-state index contributed by atoms with van der Waals surface area (Å²) < 4.78 is 5.77. The Kier molecular flexibility index (Phi) is 5.84. The highest BCUT2D eigenvalue weighted by atomic mass is 32.1. The van der Waals surface area contributed by atoms with Crippen LogP contribution in [0, 0.1) is 0 Å². The van der Waals surface area contributed by atoms with Crippen molar-refractivity contribution in [2.45, 2.75) is 19.9 Å². The molecule has 166 valence electrons. The molecule has 0 atom stereocenters. The number of hydrogen-bond donors (Lipinski definition) is 1. The second-order valence-electron chi connectivity index (χ2n) is 7.98. The summed E-state index contributed by atoms with van der Waals surface area (Å²) in [7, 11) is 0. The van der Waals surface area contributed by atoms with Crippen molar-refractivity contribution in [3.63, 3.8) is 0 Å². The summed E-state index contributed by atoms with van der Waals surface area (Å²) >= 11 is 1.46. The Morgan fingerprint density at radius 1 is 1.03 bits per heavy atom. The van der Waals surface area contributed by atoms with E-state index >= 15 is 0 Å². The molecule has 5 rings (SSSR count). The van der Waals surface area contributed by atoms with Gasteiger partial charge in [-0.3, -0.25) is 9.59 Å². The van der Waals surface area contributed by atoms with Crippen molar-refractivity contribution < 1.29 is 14.3 Å². The molecule has 0 bridgehead atoms. The van der Waals surface area contributed by atoms with Gasteiger partial charge < -0.3 is 15.0 Å². The largest absolute Gasteiger partial charge is 0.493 e. The van der Waals surface area contributed by atoms with Crippen molar-refractivity contribution in [3.8, 4) is 5.75 Å². The van der Waals surface area contributed by atoms with Gasteiger partial charge in [-0.1, -0.05) is 42.5 Å². The highest BCUT2D eigenvalue weighted by molar-refractivity contribution is 7.12. The first-order chi connectivity index (χ1) is 16.1. The van der Waals surface area contributed by atoms with Crippen LogP contribution in [0.25, 0.3) is 10.8 Å². The van der Waals surface area contributed by atoms with E-state index in [2.05, 4.69) is 5.32 Å². The van der Waals surface area contributed by atoms with Crippen LogP contribution in [0.15, 0.2) is 72.1 Å². The van der Waals surface area contributed by atoms with Crippen LogP contribution in [-0.2, 0) is 13.0 Å². The Morgan fingerprint density at radius 2 is 1.91 bits per heavy atom. The van der Waals surface area contributed by atoms with Crippen molar-refractivity contribution >= 4 is 39.6 Å². The van der Waals surface area contributed by atoms with Crippen LogP contribution in [0.5, 0.6) is 5.75 Å². The molecule has 0 saturated carbocycles. The number of amides is 2. The van der Waals surface area contributed by atoms with E-state index in [4.69, 9.17) is 4.74 Å². The van der Waals surface area contributed by atoms with Crippen LogP contribution in [0.4, 0.5) is 5.69 Å². The molecule has 33 heavy (non-hydrogen) atoms. The molecule has 2 heterocycles. The topological polar surface area (TPSA) is 58.6 Å². The number of nitrogens with one attached hydrogen (secondary N) is 1. The molecular formula is C27H24N2O3S. The SMILES string of the molecule is CCOc1ccc2ccccc2c1C(=O)Nc1ccc2c(c1)CN(C(=O)c1cccs1)CC2. The van der Waals surface area contributed by atoms with Gasteiger partial charge in [0.25, 0.3) is 11.8 Å². The molecule has 4 aromatic rings. The van der Waals surface area contributed by atoms with Crippen molar-refractivity contribution in [1.82, 2.24) is 4.90 Å². The van der Waals surface area contributed by atoms with Gasteiger partial charge in [0.15, 0.2) is 0 Å². The summed E-state index contributed by atoms with van der Waals surface area (Å²) in [5, 5.41) is 6.81. The third kappa shape index (κ3) is 4.22. The summed E-state index contributed by atoms with van der Waals surface area (Å²) in [4.78, 5) is 28.8. The lowest BCUT2D eigenvalue weighted by Gasteiger charge is -2.29. The highest BCUT2D eigenvalue weighted by Crippen LogP contribution is 2.30. The number of anilines is 1. The molecule has 0 saturated heterocycles. The number of hydrogen-bond acceptors (Lipinski definition) is 4. The second kappa shape index (κ2) is 9.08. The lowest BCUT2D eigenvalue weighted by atomic mass is 9.98. The van der Waals surface area contributed by atoms with Crippen molar-refractivity contribution in [3.05, 3.63) is 93.7 Å². The number of ether oxygens (including phenoxy) is 1. The predicted molar refractivity (Wildman–Crippen MR) is 132 cm³/mol. The molecule has 0 fully saturated rings. The smallest absolute Gasteiger partial charge is 0.264 e. The number of rotatable bonds is 5. The van der Waals surface area contributed by atoms with Crippen LogP contribution in [-0.4, -0.2) is 29.9 Å². The van der Waals surface area contributed by atoms with Gasteiger partial charge in [-0.15, -0.1) is 11.3 Å². The molecule has 0 unspecified atom stereocenters. The van der Waals surface area contributed by atoms with Crippen LogP contribution in [0.1, 0.15) is 38.1 Å². The lowest BCUT2D eigenvalue weighted by Crippen LogP contribution is -2.35. The molecule has 0 aliphatic carbocycles. The van der Waals surface area contributed by atoms with E-state index in [0.717, 1.165) is 27.6 Å². The summed E-state index contributed by atoms with van der Waals surface area (Å²) in [6, 6.07) is 21.3. The molecule has 0 radical (unpaired) electrons. The average molecular weight is 457 g/mol. The number of carbonyl (C=O) groups excluding carboxylic acids is 2. The fraction of sp³-hybridized carbons (Fsp3) is 0.185. The van der Waals surface area contributed by atoms with E-state index in [0.29, 0.717) is 36.7 Å². The molecule has 1 N–H and O–H groups in total. The van der Waals surface area contributed by atoms with Gasteiger partial charge >= 0.3 is 0 Å². The van der Waals surface area contributed by atoms with E-state index in [1.54, 1.807) is 0 Å². The van der Waals surface area contributed by atoms with Crippen LogP contribution < -0.4 is 10.1 Å². The summed E-state index contributed by atoms with van der Waals surface area (Å²) in [5.74, 6) is 0.416. The van der Waals surface area contributed by atoms with E-state index in [1.807, 2.05) is 83.9 Å². The Labute approximate surface area is 196 Å². The van der Waals surface area contributed by atoms with E-state index in [1.165, 1.54) is 16.9 Å². The van der Waals surface area contributed by atoms with Crippen LogP contribution >= 0.6 is 11.3 Å². The number of thiophene rings is 1. The number of carbonyl (C=O) groups is 2. The minimum absolute atomic E-state index is 0.0576. The van der Waals surface area contributed by atoms with Crippen LogP contribution in [0.2, 0.25) is 0 Å². The van der Waals surface area contributed by atoms with Gasteiger partial charge in [0.05, 0.1) is 17.0 Å². The van der Waals surface area contributed by atoms with Gasteiger partial charge in [0.2, 0.25) is 0 Å². The molecule has 6 heteroatoms. The van der Waals surface area contributed by atoms with E-state index < -0.39 is 0 Å². The van der Waals surface area contributed by atoms with Crippen molar-refractivity contribution in [1.29, 1.82) is 0 Å². The molecule has 1 aliphatic rings. The zero-order valence-corrected chi connectivity index (χ0v) is 19.2. The Balaban J connectivity index is 1.41. The first-order valence-electron chi connectivity index (χ1n) is 11.0. The zero-order valence-electron chi connectivity index (χ0n) is 18.3.